The van der Waals surface area contributed by atoms with Crippen molar-refractivity contribution in [1.82, 2.24) is 25.0 Å². The maximum atomic E-state index is 5.25. The molecule has 0 saturated carbocycles. The van der Waals surface area contributed by atoms with E-state index in [0.717, 1.165) is 43.4 Å². The standard InChI is InChI=1S/C15H22N6O2/c1-11-8-16-12(2)15(17-11)21-6-4-20(5-7-21)9-14-18-13(10-22-3)19-23-14/h8H,4-7,9-10H2,1-3H3. The maximum absolute atomic E-state index is 5.25. The van der Waals surface area contributed by atoms with Gasteiger partial charge in [-0.2, -0.15) is 4.98 Å². The van der Waals surface area contributed by atoms with Gasteiger partial charge in [-0.05, 0) is 13.8 Å². The lowest BCUT2D eigenvalue weighted by Gasteiger charge is -2.35. The number of rotatable bonds is 5. The van der Waals surface area contributed by atoms with Crippen LogP contribution in [0.15, 0.2) is 10.7 Å². The lowest BCUT2D eigenvalue weighted by atomic mass is 10.3. The first-order valence-electron chi connectivity index (χ1n) is 7.73. The monoisotopic (exact) mass is 318 g/mol. The summed E-state index contributed by atoms with van der Waals surface area (Å²) in [7, 11) is 1.62. The van der Waals surface area contributed by atoms with Gasteiger partial charge >= 0.3 is 0 Å². The second-order valence-corrected chi connectivity index (χ2v) is 5.72. The average molecular weight is 318 g/mol. The van der Waals surface area contributed by atoms with Crippen LogP contribution in [0.2, 0.25) is 0 Å². The van der Waals surface area contributed by atoms with Crippen LogP contribution in [0.1, 0.15) is 23.1 Å². The molecule has 0 aliphatic carbocycles. The Morgan fingerprint density at radius 2 is 1.96 bits per heavy atom. The highest BCUT2D eigenvalue weighted by molar-refractivity contribution is 5.43. The van der Waals surface area contributed by atoms with Crippen LogP contribution >= 0.6 is 0 Å². The first-order valence-corrected chi connectivity index (χ1v) is 7.73. The Kier molecular flexibility index (Phi) is 4.82. The number of aryl methyl sites for hydroxylation is 2. The molecule has 0 atom stereocenters. The largest absolute Gasteiger partial charge is 0.377 e. The second kappa shape index (κ2) is 7.01. The molecule has 0 bridgehead atoms. The topological polar surface area (TPSA) is 80.4 Å². The first kappa shape index (κ1) is 15.8. The molecule has 0 N–H and O–H groups in total. The fourth-order valence-electron chi connectivity index (χ4n) is 2.68. The van der Waals surface area contributed by atoms with Gasteiger partial charge in [0.25, 0.3) is 0 Å². The molecule has 1 aliphatic rings. The van der Waals surface area contributed by atoms with E-state index in [4.69, 9.17) is 9.26 Å². The van der Waals surface area contributed by atoms with Gasteiger partial charge in [0.15, 0.2) is 5.82 Å². The molecule has 0 spiro atoms. The van der Waals surface area contributed by atoms with Crippen molar-refractivity contribution in [2.24, 2.45) is 0 Å². The predicted molar refractivity (Wildman–Crippen MR) is 84.0 cm³/mol. The summed E-state index contributed by atoms with van der Waals surface area (Å²) in [5, 5.41) is 3.89. The maximum Gasteiger partial charge on any atom is 0.240 e. The summed E-state index contributed by atoms with van der Waals surface area (Å²) >= 11 is 0. The SMILES string of the molecule is COCc1noc(CN2CCN(c3nc(C)cnc3C)CC2)n1. The van der Waals surface area contributed by atoms with Gasteiger partial charge in [-0.25, -0.2) is 4.98 Å². The van der Waals surface area contributed by atoms with Gasteiger partial charge in [0, 0.05) is 39.5 Å². The minimum Gasteiger partial charge on any atom is -0.377 e. The summed E-state index contributed by atoms with van der Waals surface area (Å²) in [6.07, 6.45) is 1.81. The Bertz CT molecular complexity index is 651. The third kappa shape index (κ3) is 3.83. The highest BCUT2D eigenvalue weighted by Crippen LogP contribution is 2.18. The van der Waals surface area contributed by atoms with Gasteiger partial charge in [0.05, 0.1) is 17.9 Å². The molecule has 3 rings (SSSR count). The zero-order chi connectivity index (χ0) is 16.2. The molecule has 23 heavy (non-hydrogen) atoms. The van der Waals surface area contributed by atoms with Gasteiger partial charge < -0.3 is 14.2 Å². The van der Waals surface area contributed by atoms with E-state index in [2.05, 4.69) is 29.9 Å². The molecule has 0 radical (unpaired) electrons. The molecule has 8 nitrogen and oxygen atoms in total. The van der Waals surface area contributed by atoms with Gasteiger partial charge in [0.2, 0.25) is 5.89 Å². The van der Waals surface area contributed by atoms with Crippen molar-refractivity contribution >= 4 is 5.82 Å². The van der Waals surface area contributed by atoms with E-state index in [1.165, 1.54) is 0 Å². The number of nitrogens with zero attached hydrogens (tertiary/aromatic N) is 6. The van der Waals surface area contributed by atoms with Crippen molar-refractivity contribution < 1.29 is 9.26 Å². The van der Waals surface area contributed by atoms with Crippen LogP contribution < -0.4 is 4.90 Å². The quantitative estimate of drug-likeness (QED) is 0.806. The lowest BCUT2D eigenvalue weighted by Crippen LogP contribution is -2.46. The summed E-state index contributed by atoms with van der Waals surface area (Å²) < 4.78 is 10.2. The van der Waals surface area contributed by atoms with Crippen molar-refractivity contribution in [3.63, 3.8) is 0 Å². The van der Waals surface area contributed by atoms with Crippen LogP contribution in [-0.2, 0) is 17.9 Å². The summed E-state index contributed by atoms with van der Waals surface area (Å²) in [6, 6.07) is 0. The number of aromatic nitrogens is 4. The predicted octanol–water partition coefficient (Wildman–Crippen LogP) is 0.945. The molecule has 0 amide bonds. The Morgan fingerprint density at radius 3 is 2.70 bits per heavy atom. The van der Waals surface area contributed by atoms with E-state index in [0.29, 0.717) is 24.9 Å². The summed E-state index contributed by atoms with van der Waals surface area (Å²) in [5.41, 5.74) is 1.93. The summed E-state index contributed by atoms with van der Waals surface area (Å²) in [4.78, 5) is 17.9. The van der Waals surface area contributed by atoms with Crippen molar-refractivity contribution in [2.75, 3.05) is 38.2 Å². The third-order valence-electron chi connectivity index (χ3n) is 3.87. The van der Waals surface area contributed by atoms with Crippen LogP contribution in [0.5, 0.6) is 0 Å². The Balaban J connectivity index is 1.56. The van der Waals surface area contributed by atoms with E-state index in [-0.39, 0.29) is 0 Å². The van der Waals surface area contributed by atoms with Crippen LogP contribution in [0.3, 0.4) is 0 Å². The van der Waals surface area contributed by atoms with Crippen LogP contribution in [-0.4, -0.2) is 58.3 Å². The molecule has 3 heterocycles. The highest BCUT2D eigenvalue weighted by atomic mass is 16.5. The van der Waals surface area contributed by atoms with Gasteiger partial charge in [-0.15, -0.1) is 0 Å². The zero-order valence-electron chi connectivity index (χ0n) is 13.8. The molecule has 1 saturated heterocycles. The van der Waals surface area contributed by atoms with Gasteiger partial charge in [-0.3, -0.25) is 9.88 Å². The number of anilines is 1. The average Bonchev–Trinajstić information content (AvgIpc) is 2.98. The van der Waals surface area contributed by atoms with E-state index < -0.39 is 0 Å². The minimum absolute atomic E-state index is 0.378. The number of methoxy groups -OCH3 is 1. The molecule has 2 aromatic heterocycles. The summed E-state index contributed by atoms with van der Waals surface area (Å²) in [5.74, 6) is 2.22. The Labute approximate surface area is 135 Å². The van der Waals surface area contributed by atoms with Gasteiger partial charge in [0.1, 0.15) is 12.4 Å². The van der Waals surface area contributed by atoms with Crippen molar-refractivity contribution in [3.05, 3.63) is 29.3 Å². The van der Waals surface area contributed by atoms with E-state index >= 15 is 0 Å². The first-order chi connectivity index (χ1) is 11.2. The molecular weight excluding hydrogens is 296 g/mol. The van der Waals surface area contributed by atoms with Crippen LogP contribution in [0.25, 0.3) is 0 Å². The molecule has 2 aromatic rings. The second-order valence-electron chi connectivity index (χ2n) is 5.72. The van der Waals surface area contributed by atoms with Gasteiger partial charge in [-0.1, -0.05) is 5.16 Å². The van der Waals surface area contributed by atoms with E-state index in [9.17, 15) is 0 Å². The molecule has 8 heteroatoms. The molecule has 124 valence electrons. The molecule has 1 aliphatic heterocycles. The van der Waals surface area contributed by atoms with Crippen LogP contribution in [0.4, 0.5) is 5.82 Å². The minimum atomic E-state index is 0.378. The molecular formula is C15H22N6O2. The zero-order valence-corrected chi connectivity index (χ0v) is 13.8. The molecule has 0 unspecified atom stereocenters. The Morgan fingerprint density at radius 1 is 1.17 bits per heavy atom. The number of hydrogen-bond donors (Lipinski definition) is 0. The fourth-order valence-corrected chi connectivity index (χ4v) is 2.68. The van der Waals surface area contributed by atoms with E-state index in [1.807, 2.05) is 20.0 Å². The fraction of sp³-hybridized carbons (Fsp3) is 0.600. The number of ether oxygens (including phenoxy) is 1. The molecule has 0 aromatic carbocycles. The Hall–Kier alpha value is -2.06. The smallest absolute Gasteiger partial charge is 0.240 e. The van der Waals surface area contributed by atoms with E-state index in [1.54, 1.807) is 7.11 Å². The highest BCUT2D eigenvalue weighted by Gasteiger charge is 2.21. The number of piperazine rings is 1. The van der Waals surface area contributed by atoms with Crippen molar-refractivity contribution in [2.45, 2.75) is 27.0 Å². The van der Waals surface area contributed by atoms with Crippen molar-refractivity contribution in [1.29, 1.82) is 0 Å². The summed E-state index contributed by atoms with van der Waals surface area (Å²) in [6.45, 7) is 8.71. The normalized spacial score (nSPS) is 16.0. The van der Waals surface area contributed by atoms with Crippen LogP contribution in [0, 0.1) is 13.8 Å². The lowest BCUT2D eigenvalue weighted by molar-refractivity contribution is 0.174. The number of hydrogen-bond acceptors (Lipinski definition) is 8. The third-order valence-corrected chi connectivity index (χ3v) is 3.87. The van der Waals surface area contributed by atoms with Crippen molar-refractivity contribution in [3.8, 4) is 0 Å². The molecule has 1 fully saturated rings.